The van der Waals surface area contributed by atoms with Gasteiger partial charge < -0.3 is 0 Å². The average molecular weight is 117 g/mol. The fourth-order valence-electron chi connectivity index (χ4n) is 0.604. The molecule has 0 fully saturated rings. The van der Waals surface area contributed by atoms with Crippen molar-refractivity contribution in [3.8, 4) is 0 Å². The second-order valence-electron chi connectivity index (χ2n) is 1.76. The summed E-state index contributed by atoms with van der Waals surface area (Å²) in [5.74, 6) is 1.81. The molecular weight excluding hydrogens is 106 g/mol. The zero-order chi connectivity index (χ0) is 7.28. The molecule has 0 unspecified atom stereocenters. The van der Waals surface area contributed by atoms with Crippen molar-refractivity contribution in [2.24, 2.45) is 4.99 Å². The van der Waals surface area contributed by atoms with Crippen LogP contribution in [0.25, 0.3) is 0 Å². The fourth-order valence-corrected chi connectivity index (χ4v) is 0.604. The Bertz CT molecular complexity index is 160. The van der Waals surface area contributed by atoms with E-state index in [9.17, 15) is 0 Å². The maximum absolute atomic E-state index is 4.01. The van der Waals surface area contributed by atoms with Crippen LogP contribution in [0.1, 0.15) is 6.92 Å². The van der Waals surface area contributed by atoms with Crippen LogP contribution in [0.5, 0.6) is 0 Å². The molecule has 0 aliphatic rings. The van der Waals surface area contributed by atoms with E-state index in [2.05, 4.69) is 12.5 Å². The predicted molar refractivity (Wildman–Crippen MR) is 51.6 cm³/mol. The Morgan fingerprint density at radius 2 is 2.33 bits per heavy atom. The summed E-state index contributed by atoms with van der Waals surface area (Å²) >= 11 is 0. The third-order valence-corrected chi connectivity index (χ3v) is 1.28. The molecule has 9 heavy (non-hydrogen) atoms. The van der Waals surface area contributed by atoms with Gasteiger partial charge in [-0.25, -0.2) is 0 Å². The van der Waals surface area contributed by atoms with Crippen LogP contribution < -0.4 is 0 Å². The summed E-state index contributed by atoms with van der Waals surface area (Å²) in [6, 6.07) is 0. The van der Waals surface area contributed by atoms with E-state index in [0.717, 1.165) is 11.2 Å². The maximum atomic E-state index is 4.01. The summed E-state index contributed by atoms with van der Waals surface area (Å²) in [7, 11) is 7.41. The third-order valence-electron chi connectivity index (χ3n) is 1.28. The van der Waals surface area contributed by atoms with Gasteiger partial charge >= 0.3 is 58.1 Å². The van der Waals surface area contributed by atoms with Crippen LogP contribution in [0.2, 0.25) is 0 Å². The molecule has 0 atom stereocenters. The summed E-state index contributed by atoms with van der Waals surface area (Å²) in [5, 5.41) is 0. The molecule has 0 bridgehead atoms. The molecule has 0 aromatic heterocycles. The van der Waals surface area contributed by atoms with Crippen molar-refractivity contribution < 1.29 is 0 Å². The molecule has 4 heteroatoms. The molecule has 0 saturated carbocycles. The van der Waals surface area contributed by atoms with Crippen LogP contribution in [-0.2, 0) is 0 Å². The average Bonchev–Trinajstić information content (AvgIpc) is 1.90. The van der Waals surface area contributed by atoms with Gasteiger partial charge in [-0.15, -0.1) is 0 Å². The van der Waals surface area contributed by atoms with E-state index in [0.29, 0.717) is 0 Å². The van der Waals surface area contributed by atoms with Crippen LogP contribution in [0.4, 0.5) is 0 Å². The molecule has 0 amide bonds. The molecule has 0 spiro atoms. The van der Waals surface area contributed by atoms with Crippen molar-refractivity contribution in [3.63, 3.8) is 0 Å². The Morgan fingerprint density at radius 3 is 2.44 bits per heavy atom. The van der Waals surface area contributed by atoms with Crippen LogP contribution in [0.15, 0.2) is 4.99 Å². The van der Waals surface area contributed by atoms with Gasteiger partial charge in [0.15, 0.2) is 0 Å². The summed E-state index contributed by atoms with van der Waals surface area (Å²) < 4.78 is 0. The molecule has 44 valence electrons. The van der Waals surface area contributed by atoms with Gasteiger partial charge in [-0.1, -0.05) is 0 Å². The summed E-state index contributed by atoms with van der Waals surface area (Å²) in [6.07, 6.45) is 0. The molecular formula is C5H10B3N. The Labute approximate surface area is 58.9 Å². The number of hydrogen-bond acceptors (Lipinski definition) is 1. The zero-order valence-corrected chi connectivity index (χ0v) is 6.31. The minimum absolute atomic E-state index is 1.03. The van der Waals surface area contributed by atoms with E-state index in [-0.39, 0.29) is 0 Å². The van der Waals surface area contributed by atoms with Crippen molar-refractivity contribution in [3.05, 3.63) is 0 Å². The van der Waals surface area contributed by atoms with Crippen LogP contribution in [0.3, 0.4) is 0 Å². The molecule has 0 aromatic rings. The first-order valence-corrected chi connectivity index (χ1v) is 2.98. The molecule has 0 N–H and O–H groups in total. The quantitative estimate of drug-likeness (QED) is 0.298. The Morgan fingerprint density at radius 1 is 1.78 bits per heavy atom. The fraction of sp³-hybridized carbons (Fsp3) is 0.400. The van der Waals surface area contributed by atoms with E-state index in [1.807, 2.05) is 27.4 Å². The topological polar surface area (TPSA) is 12.4 Å². The number of hydrogen-bond donors (Lipinski definition) is 0. The summed E-state index contributed by atoms with van der Waals surface area (Å²) in [4.78, 5) is 4.01. The molecule has 0 aromatic carbocycles. The van der Waals surface area contributed by atoms with Crippen LogP contribution in [-0.4, -0.2) is 46.2 Å². The molecule has 0 radical (unpaired) electrons. The van der Waals surface area contributed by atoms with Gasteiger partial charge in [0.05, 0.1) is 0 Å². The summed E-state index contributed by atoms with van der Waals surface area (Å²) in [6.45, 7) is 3.96. The first kappa shape index (κ1) is 8.60. The van der Waals surface area contributed by atoms with E-state index in [1.54, 1.807) is 7.05 Å². The van der Waals surface area contributed by atoms with Gasteiger partial charge in [-0.2, -0.15) is 0 Å². The normalized spacial score (nSPS) is 12.6. The first-order chi connectivity index (χ1) is 4.26. The van der Waals surface area contributed by atoms with Crippen molar-refractivity contribution in [2.75, 3.05) is 7.05 Å². The number of nitrogens with zero attached hydrogens (tertiary/aromatic N) is 1. The molecule has 0 saturated heterocycles. The molecule has 1 nitrogen and oxygen atoms in total. The number of rotatable bonds is 2. The van der Waals surface area contributed by atoms with Gasteiger partial charge in [0, 0.05) is 0 Å². The monoisotopic (exact) mass is 117 g/mol. The van der Waals surface area contributed by atoms with E-state index in [1.165, 1.54) is 0 Å². The van der Waals surface area contributed by atoms with Crippen LogP contribution >= 0.6 is 0 Å². The standard InChI is InChI=1S/C5H10B3N/c1-4(9-2)5(3-6)8-7/h3,6H,7H2,1-2H3/b9-4+. The second-order valence-corrected chi connectivity index (χ2v) is 1.76. The number of aliphatic imine (C=N–C) groups is 1. The molecule has 0 rings (SSSR count). The SMILES string of the molecule is B=CC(=B\B)/C(C)=N/C. The van der Waals surface area contributed by atoms with Crippen molar-refractivity contribution >= 4 is 39.2 Å². The zero-order valence-electron chi connectivity index (χ0n) is 6.31. The van der Waals surface area contributed by atoms with Gasteiger partial charge in [0.2, 0.25) is 0 Å². The second kappa shape index (κ2) is 4.48. The van der Waals surface area contributed by atoms with E-state index in [4.69, 9.17) is 0 Å². The molecule has 0 aliphatic heterocycles. The van der Waals surface area contributed by atoms with Gasteiger partial charge in [0.1, 0.15) is 0 Å². The Kier molecular flexibility index (Phi) is 4.28. The van der Waals surface area contributed by atoms with Crippen molar-refractivity contribution in [1.29, 1.82) is 0 Å². The van der Waals surface area contributed by atoms with E-state index < -0.39 is 0 Å². The third kappa shape index (κ3) is 2.59. The van der Waals surface area contributed by atoms with E-state index >= 15 is 0 Å². The summed E-state index contributed by atoms with van der Waals surface area (Å²) in [5.41, 5.74) is 2.14. The minimum atomic E-state index is 1.03. The molecule has 0 heterocycles. The van der Waals surface area contributed by atoms with Crippen molar-refractivity contribution in [1.82, 2.24) is 0 Å². The van der Waals surface area contributed by atoms with Crippen molar-refractivity contribution in [2.45, 2.75) is 6.92 Å². The first-order valence-electron chi connectivity index (χ1n) is 2.98. The van der Waals surface area contributed by atoms with Gasteiger partial charge in [-0.05, 0) is 0 Å². The Balaban J connectivity index is 4.32. The Hall–Kier alpha value is -0.395. The predicted octanol–water partition coefficient (Wildman–Crippen LogP) is -1.80. The van der Waals surface area contributed by atoms with Gasteiger partial charge in [-0.3, -0.25) is 0 Å². The van der Waals surface area contributed by atoms with Gasteiger partial charge in [0.25, 0.3) is 0 Å². The molecule has 0 aliphatic carbocycles. The van der Waals surface area contributed by atoms with Crippen LogP contribution in [0, 0.1) is 0 Å².